The standard InChI is InChI=1S/C29H34N2O4S/c1-21-7-4-5-8-24(21)29-25-14-18-36-26(25)13-16-31(29)28(33)20-30(15-6-17-34-2)27(32)19-22-9-11-23(35-3)12-10-22/h4-5,7-12,14,18,29H,6,13,15-17,19-20H2,1-3H3. The van der Waals surface area contributed by atoms with Crippen LogP contribution in [-0.2, 0) is 27.2 Å². The molecule has 0 aliphatic carbocycles. The van der Waals surface area contributed by atoms with Crippen LogP contribution in [0.3, 0.4) is 0 Å². The van der Waals surface area contributed by atoms with Gasteiger partial charge in [-0.05, 0) is 65.6 Å². The Morgan fingerprint density at radius 2 is 1.83 bits per heavy atom. The lowest BCUT2D eigenvalue weighted by Crippen LogP contribution is -2.47. The highest BCUT2D eigenvalue weighted by Gasteiger charge is 2.34. The number of carbonyl (C=O) groups is 2. The zero-order valence-electron chi connectivity index (χ0n) is 21.2. The average Bonchev–Trinajstić information content (AvgIpc) is 3.37. The number of fused-ring (bicyclic) bond motifs is 1. The van der Waals surface area contributed by atoms with E-state index in [1.165, 1.54) is 10.4 Å². The molecule has 1 unspecified atom stereocenters. The Labute approximate surface area is 217 Å². The van der Waals surface area contributed by atoms with Crippen LogP contribution >= 0.6 is 11.3 Å². The number of hydrogen-bond donors (Lipinski definition) is 0. The smallest absolute Gasteiger partial charge is 0.242 e. The summed E-state index contributed by atoms with van der Waals surface area (Å²) in [6.07, 6.45) is 1.75. The second-order valence-electron chi connectivity index (χ2n) is 9.08. The SMILES string of the molecule is COCCCN(CC(=O)N1CCc2sccc2C1c1ccccc1C)C(=O)Cc1ccc(OC)cc1. The van der Waals surface area contributed by atoms with Crippen LogP contribution in [0.15, 0.2) is 60.0 Å². The zero-order valence-corrected chi connectivity index (χ0v) is 22.1. The number of rotatable bonds is 10. The third kappa shape index (κ3) is 5.97. The highest BCUT2D eigenvalue weighted by Crippen LogP contribution is 2.39. The van der Waals surface area contributed by atoms with Crippen molar-refractivity contribution in [2.75, 3.05) is 40.5 Å². The molecule has 0 fully saturated rings. The molecule has 0 saturated heterocycles. The third-order valence-corrected chi connectivity index (χ3v) is 7.74. The van der Waals surface area contributed by atoms with Gasteiger partial charge in [-0.3, -0.25) is 9.59 Å². The van der Waals surface area contributed by atoms with Crippen LogP contribution in [0.25, 0.3) is 0 Å². The van der Waals surface area contributed by atoms with Crippen LogP contribution in [0.4, 0.5) is 0 Å². The Bertz CT molecular complexity index is 1170. The van der Waals surface area contributed by atoms with E-state index >= 15 is 0 Å². The number of nitrogens with zero attached hydrogens (tertiary/aromatic N) is 2. The molecule has 1 atom stereocenters. The average molecular weight is 507 g/mol. The number of methoxy groups -OCH3 is 2. The molecule has 3 aromatic rings. The van der Waals surface area contributed by atoms with Crippen molar-refractivity contribution >= 4 is 23.2 Å². The Morgan fingerprint density at radius 1 is 1.06 bits per heavy atom. The summed E-state index contributed by atoms with van der Waals surface area (Å²) < 4.78 is 10.4. The summed E-state index contributed by atoms with van der Waals surface area (Å²) >= 11 is 1.75. The van der Waals surface area contributed by atoms with Crippen molar-refractivity contribution in [2.24, 2.45) is 0 Å². The molecule has 0 spiro atoms. The van der Waals surface area contributed by atoms with Gasteiger partial charge in [-0.1, -0.05) is 36.4 Å². The van der Waals surface area contributed by atoms with Gasteiger partial charge in [0.25, 0.3) is 0 Å². The van der Waals surface area contributed by atoms with Crippen molar-refractivity contribution in [1.82, 2.24) is 9.80 Å². The van der Waals surface area contributed by atoms with E-state index < -0.39 is 0 Å². The van der Waals surface area contributed by atoms with E-state index in [9.17, 15) is 9.59 Å². The predicted molar refractivity (Wildman–Crippen MR) is 143 cm³/mol. The Kier molecular flexibility index (Phi) is 8.78. The molecule has 2 heterocycles. The highest BCUT2D eigenvalue weighted by molar-refractivity contribution is 7.10. The number of benzene rings is 2. The number of amides is 2. The summed E-state index contributed by atoms with van der Waals surface area (Å²) in [4.78, 5) is 32.1. The number of ether oxygens (including phenoxy) is 2. The molecule has 2 amide bonds. The normalized spacial score (nSPS) is 14.9. The van der Waals surface area contributed by atoms with Gasteiger partial charge in [0.2, 0.25) is 11.8 Å². The van der Waals surface area contributed by atoms with E-state index in [2.05, 4.69) is 30.5 Å². The van der Waals surface area contributed by atoms with E-state index in [1.54, 1.807) is 30.5 Å². The molecule has 36 heavy (non-hydrogen) atoms. The minimum Gasteiger partial charge on any atom is -0.497 e. The molecular formula is C29H34N2O4S. The lowest BCUT2D eigenvalue weighted by atomic mass is 9.90. The van der Waals surface area contributed by atoms with Crippen molar-refractivity contribution in [1.29, 1.82) is 0 Å². The first-order chi connectivity index (χ1) is 17.5. The summed E-state index contributed by atoms with van der Waals surface area (Å²) in [5, 5.41) is 2.11. The number of thiophene rings is 1. The molecule has 0 bridgehead atoms. The molecule has 4 rings (SSSR count). The topological polar surface area (TPSA) is 59.1 Å². The van der Waals surface area contributed by atoms with Gasteiger partial charge in [-0.25, -0.2) is 0 Å². The van der Waals surface area contributed by atoms with Crippen molar-refractivity contribution < 1.29 is 19.1 Å². The van der Waals surface area contributed by atoms with Crippen molar-refractivity contribution in [3.8, 4) is 5.75 Å². The zero-order chi connectivity index (χ0) is 25.5. The molecular weight excluding hydrogens is 472 g/mol. The fraction of sp³-hybridized carbons (Fsp3) is 0.379. The van der Waals surface area contributed by atoms with Gasteiger partial charge in [-0.2, -0.15) is 0 Å². The Morgan fingerprint density at radius 3 is 2.56 bits per heavy atom. The van der Waals surface area contributed by atoms with Crippen molar-refractivity contribution in [3.63, 3.8) is 0 Å². The maximum absolute atomic E-state index is 13.8. The van der Waals surface area contributed by atoms with Gasteiger partial charge in [0.15, 0.2) is 0 Å². The molecule has 0 radical (unpaired) electrons. The first-order valence-electron chi connectivity index (χ1n) is 12.3. The van der Waals surface area contributed by atoms with E-state index in [4.69, 9.17) is 9.47 Å². The van der Waals surface area contributed by atoms with Crippen LogP contribution < -0.4 is 4.74 Å². The summed E-state index contributed by atoms with van der Waals surface area (Å²) in [6.45, 7) is 3.80. The number of carbonyl (C=O) groups excluding carboxylic acids is 2. The second kappa shape index (κ2) is 12.2. The molecule has 190 valence electrons. The monoisotopic (exact) mass is 506 g/mol. The first-order valence-corrected chi connectivity index (χ1v) is 13.2. The predicted octanol–water partition coefficient (Wildman–Crippen LogP) is 4.65. The lowest BCUT2D eigenvalue weighted by molar-refractivity contribution is -0.141. The highest BCUT2D eigenvalue weighted by atomic mass is 32.1. The Hall–Kier alpha value is -3.16. The van der Waals surface area contributed by atoms with Crippen LogP contribution in [0.5, 0.6) is 5.75 Å². The van der Waals surface area contributed by atoms with E-state index in [0.29, 0.717) is 26.1 Å². The van der Waals surface area contributed by atoms with Gasteiger partial charge in [0, 0.05) is 31.7 Å². The number of aryl methyl sites for hydroxylation is 1. The van der Waals surface area contributed by atoms with E-state index in [0.717, 1.165) is 28.9 Å². The van der Waals surface area contributed by atoms with Crippen LogP contribution in [0.1, 0.15) is 39.6 Å². The fourth-order valence-electron chi connectivity index (χ4n) is 4.79. The quantitative estimate of drug-likeness (QED) is 0.376. The lowest BCUT2D eigenvalue weighted by Gasteiger charge is -2.38. The van der Waals surface area contributed by atoms with Gasteiger partial charge < -0.3 is 19.3 Å². The molecule has 1 aliphatic rings. The molecule has 6 nitrogen and oxygen atoms in total. The maximum Gasteiger partial charge on any atom is 0.242 e. The molecule has 1 aliphatic heterocycles. The molecule has 7 heteroatoms. The summed E-state index contributed by atoms with van der Waals surface area (Å²) in [6, 6.07) is 17.7. The van der Waals surface area contributed by atoms with Crippen LogP contribution in [-0.4, -0.2) is 62.1 Å². The van der Waals surface area contributed by atoms with Gasteiger partial charge >= 0.3 is 0 Å². The second-order valence-corrected chi connectivity index (χ2v) is 10.1. The van der Waals surface area contributed by atoms with Crippen LogP contribution in [0.2, 0.25) is 0 Å². The molecule has 1 aromatic heterocycles. The summed E-state index contributed by atoms with van der Waals surface area (Å²) in [5.74, 6) is 0.657. The van der Waals surface area contributed by atoms with Gasteiger partial charge in [0.05, 0.1) is 26.1 Å². The molecule has 0 saturated carbocycles. The van der Waals surface area contributed by atoms with Crippen LogP contribution in [0, 0.1) is 6.92 Å². The minimum absolute atomic E-state index is 0.0272. The molecule has 0 N–H and O–H groups in total. The fourth-order valence-corrected chi connectivity index (χ4v) is 5.69. The van der Waals surface area contributed by atoms with Gasteiger partial charge in [0.1, 0.15) is 5.75 Å². The molecule has 2 aromatic carbocycles. The van der Waals surface area contributed by atoms with Gasteiger partial charge in [-0.15, -0.1) is 11.3 Å². The third-order valence-electron chi connectivity index (χ3n) is 6.74. The van der Waals surface area contributed by atoms with Crippen molar-refractivity contribution in [3.05, 3.63) is 87.1 Å². The van der Waals surface area contributed by atoms with E-state index in [-0.39, 0.29) is 30.8 Å². The maximum atomic E-state index is 13.8. The summed E-state index contributed by atoms with van der Waals surface area (Å²) in [5.41, 5.74) is 4.39. The minimum atomic E-state index is -0.133. The van der Waals surface area contributed by atoms with E-state index in [1.807, 2.05) is 41.3 Å². The summed E-state index contributed by atoms with van der Waals surface area (Å²) in [7, 11) is 3.26. The first kappa shape index (κ1) is 25.9. The Balaban J connectivity index is 1.55. The largest absolute Gasteiger partial charge is 0.497 e. The van der Waals surface area contributed by atoms with Crippen molar-refractivity contribution in [2.45, 2.75) is 32.2 Å². The number of hydrogen-bond acceptors (Lipinski definition) is 5.